The van der Waals surface area contributed by atoms with Crippen molar-refractivity contribution in [1.29, 1.82) is 5.26 Å². The number of hydrogen-bond donors (Lipinski definition) is 1. The van der Waals surface area contributed by atoms with Crippen LogP contribution in [0.5, 0.6) is 0 Å². The molecule has 0 aliphatic rings. The lowest BCUT2D eigenvalue weighted by atomic mass is 10.1. The van der Waals surface area contributed by atoms with Crippen molar-refractivity contribution in [3.63, 3.8) is 0 Å². The number of nitrogens with one attached hydrogen (secondary N) is 1. The highest BCUT2D eigenvalue weighted by Gasteiger charge is 2.12. The Hall–Kier alpha value is -3.46. The van der Waals surface area contributed by atoms with E-state index in [0.29, 0.717) is 17.7 Å². The summed E-state index contributed by atoms with van der Waals surface area (Å²) >= 11 is 0. The van der Waals surface area contributed by atoms with Crippen LogP contribution in [0.2, 0.25) is 0 Å². The molecule has 2 rings (SSSR count). The largest absolute Gasteiger partial charge is 0.351 e. The van der Waals surface area contributed by atoms with Gasteiger partial charge in [-0.25, -0.2) is 0 Å². The van der Waals surface area contributed by atoms with E-state index < -0.39 is 10.8 Å². The summed E-state index contributed by atoms with van der Waals surface area (Å²) in [5.74, 6) is -0.483. The molecule has 0 radical (unpaired) electrons. The van der Waals surface area contributed by atoms with Gasteiger partial charge in [0.2, 0.25) is 0 Å². The molecule has 26 heavy (non-hydrogen) atoms. The van der Waals surface area contributed by atoms with Crippen molar-refractivity contribution in [2.45, 2.75) is 19.8 Å². The first kappa shape index (κ1) is 18.9. The third-order valence-corrected chi connectivity index (χ3v) is 3.88. The average Bonchev–Trinajstić information content (AvgIpc) is 2.65. The summed E-state index contributed by atoms with van der Waals surface area (Å²) in [6, 6.07) is 16.4. The van der Waals surface area contributed by atoms with Crippen LogP contribution in [0.1, 0.15) is 23.1 Å². The van der Waals surface area contributed by atoms with E-state index >= 15 is 0 Å². The number of nitrogens with zero attached hydrogens (tertiary/aromatic N) is 2. The first-order chi connectivity index (χ1) is 12.5. The van der Waals surface area contributed by atoms with Crippen molar-refractivity contribution >= 4 is 17.7 Å². The molecule has 1 amide bonds. The quantitative estimate of drug-likeness (QED) is 0.272. The molecule has 0 atom stereocenters. The van der Waals surface area contributed by atoms with Gasteiger partial charge < -0.3 is 5.32 Å². The first-order valence-corrected chi connectivity index (χ1v) is 8.20. The van der Waals surface area contributed by atoms with Gasteiger partial charge in [0.15, 0.2) is 0 Å². The zero-order valence-electron chi connectivity index (χ0n) is 14.4. The Bertz CT molecular complexity index is 868. The molecule has 1 N–H and O–H groups in total. The molecule has 0 aromatic heterocycles. The maximum absolute atomic E-state index is 12.1. The van der Waals surface area contributed by atoms with Gasteiger partial charge in [0.05, 0.1) is 4.92 Å². The average molecular weight is 349 g/mol. The summed E-state index contributed by atoms with van der Waals surface area (Å²) in [5.41, 5.74) is 2.03. The van der Waals surface area contributed by atoms with E-state index in [1.165, 1.54) is 17.7 Å². The Morgan fingerprint density at radius 2 is 2.00 bits per heavy atom. The number of nitriles is 1. The molecule has 132 valence electrons. The number of rotatable bonds is 7. The number of carbonyl (C=O) groups excluding carboxylic acids is 1. The molecule has 0 aliphatic carbocycles. The van der Waals surface area contributed by atoms with E-state index in [4.69, 9.17) is 0 Å². The molecule has 6 nitrogen and oxygen atoms in total. The van der Waals surface area contributed by atoms with Crippen LogP contribution in [0.4, 0.5) is 5.69 Å². The summed E-state index contributed by atoms with van der Waals surface area (Å²) in [5, 5.41) is 22.9. The van der Waals surface area contributed by atoms with Crippen molar-refractivity contribution in [2.24, 2.45) is 0 Å². The van der Waals surface area contributed by atoms with Crippen LogP contribution >= 0.6 is 0 Å². The van der Waals surface area contributed by atoms with Gasteiger partial charge in [-0.1, -0.05) is 42.5 Å². The van der Waals surface area contributed by atoms with Crippen LogP contribution in [0, 0.1) is 28.4 Å². The van der Waals surface area contributed by atoms with Gasteiger partial charge >= 0.3 is 0 Å². The van der Waals surface area contributed by atoms with Crippen LogP contribution in [0.3, 0.4) is 0 Å². The smallest absolute Gasteiger partial charge is 0.272 e. The highest BCUT2D eigenvalue weighted by molar-refractivity contribution is 6.01. The second-order valence-electron chi connectivity index (χ2n) is 5.82. The van der Waals surface area contributed by atoms with E-state index in [1.807, 2.05) is 36.4 Å². The molecule has 0 spiro atoms. The fourth-order valence-corrected chi connectivity index (χ4v) is 2.46. The minimum Gasteiger partial charge on any atom is -0.351 e. The first-order valence-electron chi connectivity index (χ1n) is 8.20. The van der Waals surface area contributed by atoms with Crippen molar-refractivity contribution in [3.8, 4) is 6.07 Å². The number of benzene rings is 2. The number of amides is 1. The molecule has 6 heteroatoms. The Kier molecular flexibility index (Phi) is 6.63. The molecule has 0 saturated heterocycles. The van der Waals surface area contributed by atoms with Crippen molar-refractivity contribution in [1.82, 2.24) is 5.32 Å². The van der Waals surface area contributed by atoms with Crippen molar-refractivity contribution < 1.29 is 9.72 Å². The summed E-state index contributed by atoms with van der Waals surface area (Å²) in [6.07, 6.45) is 2.94. The van der Waals surface area contributed by atoms with Crippen LogP contribution < -0.4 is 5.32 Å². The summed E-state index contributed by atoms with van der Waals surface area (Å²) < 4.78 is 0. The monoisotopic (exact) mass is 349 g/mol. The molecule has 0 saturated carbocycles. The highest BCUT2D eigenvalue weighted by Crippen LogP contribution is 2.20. The molecular weight excluding hydrogens is 330 g/mol. The van der Waals surface area contributed by atoms with Gasteiger partial charge in [0.25, 0.3) is 11.6 Å². The molecule has 0 unspecified atom stereocenters. The Morgan fingerprint density at radius 3 is 2.65 bits per heavy atom. The van der Waals surface area contributed by atoms with E-state index in [2.05, 4.69) is 5.32 Å². The van der Waals surface area contributed by atoms with Gasteiger partial charge in [0.1, 0.15) is 11.6 Å². The second kappa shape index (κ2) is 9.14. The maximum atomic E-state index is 12.1. The number of nitro groups is 1. The van der Waals surface area contributed by atoms with E-state index in [0.717, 1.165) is 12.8 Å². The molecule has 0 fully saturated rings. The third-order valence-electron chi connectivity index (χ3n) is 3.88. The predicted molar refractivity (Wildman–Crippen MR) is 99.2 cm³/mol. The lowest BCUT2D eigenvalue weighted by Gasteiger charge is -2.05. The molecular formula is C20H19N3O3. The summed E-state index contributed by atoms with van der Waals surface area (Å²) in [7, 11) is 0. The Labute approximate surface area is 151 Å². The van der Waals surface area contributed by atoms with Crippen molar-refractivity contribution in [2.75, 3.05) is 6.54 Å². The zero-order chi connectivity index (χ0) is 18.9. The third kappa shape index (κ3) is 5.28. The molecule has 2 aromatic carbocycles. The SMILES string of the molecule is Cc1ccc(/C=C(/C#N)C(=O)NCCCc2ccccc2)cc1[N+](=O)[O-]. The number of carbonyl (C=O) groups is 1. The van der Waals surface area contributed by atoms with Gasteiger partial charge in [-0.2, -0.15) is 5.26 Å². The lowest BCUT2D eigenvalue weighted by Crippen LogP contribution is -2.25. The zero-order valence-corrected chi connectivity index (χ0v) is 14.4. The number of aryl methyl sites for hydroxylation is 2. The number of nitro benzene ring substituents is 1. The van der Waals surface area contributed by atoms with Gasteiger partial charge in [-0.3, -0.25) is 14.9 Å². The molecule has 0 heterocycles. The van der Waals surface area contributed by atoms with Crippen LogP contribution in [-0.2, 0) is 11.2 Å². The highest BCUT2D eigenvalue weighted by atomic mass is 16.6. The van der Waals surface area contributed by atoms with E-state index in [1.54, 1.807) is 19.1 Å². The van der Waals surface area contributed by atoms with E-state index in [-0.39, 0.29) is 11.3 Å². The Balaban J connectivity index is 1.98. The predicted octanol–water partition coefficient (Wildman–Crippen LogP) is 3.56. The number of hydrogen-bond acceptors (Lipinski definition) is 4. The van der Waals surface area contributed by atoms with E-state index in [9.17, 15) is 20.2 Å². The van der Waals surface area contributed by atoms with Crippen molar-refractivity contribution in [3.05, 3.63) is 80.9 Å². The minimum atomic E-state index is -0.484. The standard InChI is InChI=1S/C20H19N3O3/c1-15-9-10-17(13-19(15)23(25)26)12-18(14-21)20(24)22-11-5-8-16-6-3-2-4-7-16/h2-4,6-7,9-10,12-13H,5,8,11H2,1H3,(H,22,24)/b18-12-. The van der Waals surface area contributed by atoms with Crippen LogP contribution in [0.15, 0.2) is 54.1 Å². The molecule has 0 bridgehead atoms. The van der Waals surface area contributed by atoms with Gasteiger partial charge in [-0.15, -0.1) is 0 Å². The maximum Gasteiger partial charge on any atom is 0.272 e. The fraction of sp³-hybridized carbons (Fsp3) is 0.200. The molecule has 2 aromatic rings. The fourth-order valence-electron chi connectivity index (χ4n) is 2.46. The lowest BCUT2D eigenvalue weighted by molar-refractivity contribution is -0.385. The normalized spacial score (nSPS) is 10.8. The topological polar surface area (TPSA) is 96.0 Å². The minimum absolute atomic E-state index is 0.0423. The summed E-state index contributed by atoms with van der Waals surface area (Å²) in [4.78, 5) is 22.7. The van der Waals surface area contributed by atoms with Gasteiger partial charge in [0, 0.05) is 18.2 Å². The van der Waals surface area contributed by atoms with Gasteiger partial charge in [-0.05, 0) is 37.0 Å². The Morgan fingerprint density at radius 1 is 1.27 bits per heavy atom. The molecule has 0 aliphatic heterocycles. The summed E-state index contributed by atoms with van der Waals surface area (Å²) in [6.45, 7) is 2.08. The van der Waals surface area contributed by atoms with Crippen LogP contribution in [-0.4, -0.2) is 17.4 Å². The van der Waals surface area contributed by atoms with Crippen LogP contribution in [0.25, 0.3) is 6.08 Å². The second-order valence-corrected chi connectivity index (χ2v) is 5.82.